The van der Waals surface area contributed by atoms with Crippen molar-refractivity contribution in [3.05, 3.63) is 33.9 Å². The highest BCUT2D eigenvalue weighted by atomic mass is 16.6. The maximum absolute atomic E-state index is 11.2. The highest BCUT2D eigenvalue weighted by Crippen LogP contribution is 2.35. The highest BCUT2D eigenvalue weighted by Gasteiger charge is 2.37. The lowest BCUT2D eigenvalue weighted by molar-refractivity contribution is -0.384. The summed E-state index contributed by atoms with van der Waals surface area (Å²) in [7, 11) is 0. The molecule has 0 bridgehead atoms. The van der Waals surface area contributed by atoms with E-state index in [2.05, 4.69) is 4.90 Å². The Bertz CT molecular complexity index is 590. The summed E-state index contributed by atoms with van der Waals surface area (Å²) in [4.78, 5) is 13.2. The first-order chi connectivity index (χ1) is 11.2. The van der Waals surface area contributed by atoms with E-state index >= 15 is 0 Å². The maximum atomic E-state index is 11.2. The molecule has 23 heavy (non-hydrogen) atoms. The molecule has 6 heteroatoms. The maximum Gasteiger partial charge on any atom is 0.271 e. The van der Waals surface area contributed by atoms with E-state index in [1.165, 1.54) is 6.42 Å². The van der Waals surface area contributed by atoms with Gasteiger partial charge in [-0.25, -0.2) is 0 Å². The number of anilines is 1. The average molecular weight is 318 g/mol. The standard InChI is InChI=1S/C17H22N2O4/c20-19(21)16-5-12(9-23-17-2-1-3-17)4-15(6-16)18-7-13-10-22-11-14(13)8-18/h4-6,13-14,17H,1-3,7-11H2. The van der Waals surface area contributed by atoms with Gasteiger partial charge in [0.2, 0.25) is 0 Å². The van der Waals surface area contributed by atoms with Gasteiger partial charge in [-0.1, -0.05) is 0 Å². The Kier molecular flexibility index (Phi) is 3.95. The van der Waals surface area contributed by atoms with Crippen molar-refractivity contribution in [1.82, 2.24) is 0 Å². The first-order valence-corrected chi connectivity index (χ1v) is 8.41. The van der Waals surface area contributed by atoms with Crippen LogP contribution in [-0.2, 0) is 16.1 Å². The minimum atomic E-state index is -0.309. The highest BCUT2D eigenvalue weighted by molar-refractivity contribution is 5.56. The number of hydrogen-bond donors (Lipinski definition) is 0. The lowest BCUT2D eigenvalue weighted by Crippen LogP contribution is -2.23. The second kappa shape index (κ2) is 6.09. The second-order valence-corrected chi connectivity index (χ2v) is 6.94. The predicted molar refractivity (Wildman–Crippen MR) is 85.5 cm³/mol. The summed E-state index contributed by atoms with van der Waals surface area (Å²) in [5, 5.41) is 11.2. The van der Waals surface area contributed by atoms with Gasteiger partial charge in [0.25, 0.3) is 5.69 Å². The van der Waals surface area contributed by atoms with E-state index in [1.807, 2.05) is 6.07 Å². The molecular formula is C17H22N2O4. The molecule has 2 atom stereocenters. The Morgan fingerprint density at radius 2 is 1.96 bits per heavy atom. The number of fused-ring (bicyclic) bond motifs is 1. The quantitative estimate of drug-likeness (QED) is 0.617. The number of non-ortho nitro benzene ring substituents is 1. The third-order valence-electron chi connectivity index (χ3n) is 5.32. The normalized spacial score (nSPS) is 27.0. The van der Waals surface area contributed by atoms with Crippen molar-refractivity contribution in [3.63, 3.8) is 0 Å². The summed E-state index contributed by atoms with van der Waals surface area (Å²) in [6.07, 6.45) is 3.78. The van der Waals surface area contributed by atoms with Crippen molar-refractivity contribution in [2.24, 2.45) is 11.8 Å². The van der Waals surface area contributed by atoms with Crippen LogP contribution in [0.5, 0.6) is 0 Å². The minimum Gasteiger partial charge on any atom is -0.381 e. The van der Waals surface area contributed by atoms with E-state index in [-0.39, 0.29) is 10.6 Å². The fraction of sp³-hybridized carbons (Fsp3) is 0.647. The number of hydrogen-bond acceptors (Lipinski definition) is 5. The van der Waals surface area contributed by atoms with Gasteiger partial charge in [0.1, 0.15) is 0 Å². The van der Waals surface area contributed by atoms with Crippen molar-refractivity contribution >= 4 is 11.4 Å². The van der Waals surface area contributed by atoms with Crippen LogP contribution in [0.25, 0.3) is 0 Å². The number of nitro benzene ring substituents is 1. The molecule has 0 N–H and O–H groups in total. The lowest BCUT2D eigenvalue weighted by atomic mass is 9.96. The van der Waals surface area contributed by atoms with Gasteiger partial charge in [0, 0.05) is 42.7 Å². The van der Waals surface area contributed by atoms with Crippen LogP contribution in [0.3, 0.4) is 0 Å². The largest absolute Gasteiger partial charge is 0.381 e. The van der Waals surface area contributed by atoms with E-state index in [1.54, 1.807) is 12.1 Å². The van der Waals surface area contributed by atoms with Crippen LogP contribution in [0.15, 0.2) is 18.2 Å². The van der Waals surface area contributed by atoms with Gasteiger partial charge in [0.05, 0.1) is 30.8 Å². The summed E-state index contributed by atoms with van der Waals surface area (Å²) < 4.78 is 11.3. The number of rotatable bonds is 5. The Morgan fingerprint density at radius 1 is 1.22 bits per heavy atom. The molecule has 4 rings (SSSR count). The Hall–Kier alpha value is -1.66. The van der Waals surface area contributed by atoms with Gasteiger partial charge in [0.15, 0.2) is 0 Å². The van der Waals surface area contributed by atoms with Gasteiger partial charge < -0.3 is 14.4 Å². The fourth-order valence-electron chi connectivity index (χ4n) is 3.68. The number of nitro groups is 1. The zero-order valence-corrected chi connectivity index (χ0v) is 13.1. The van der Waals surface area contributed by atoms with E-state index < -0.39 is 0 Å². The molecule has 2 heterocycles. The predicted octanol–water partition coefficient (Wildman–Crippen LogP) is 2.75. The van der Waals surface area contributed by atoms with Crippen LogP contribution in [0, 0.1) is 22.0 Å². The number of nitrogens with zero attached hydrogens (tertiary/aromatic N) is 2. The first-order valence-electron chi connectivity index (χ1n) is 8.41. The second-order valence-electron chi connectivity index (χ2n) is 6.94. The van der Waals surface area contributed by atoms with E-state index in [0.717, 1.165) is 50.4 Å². The summed E-state index contributed by atoms with van der Waals surface area (Å²) in [5.41, 5.74) is 2.00. The topological polar surface area (TPSA) is 64.8 Å². The van der Waals surface area contributed by atoms with Crippen LogP contribution >= 0.6 is 0 Å². The molecule has 0 aromatic heterocycles. The molecule has 0 radical (unpaired) electrons. The Balaban J connectivity index is 1.52. The zero-order valence-electron chi connectivity index (χ0n) is 13.1. The molecule has 2 unspecified atom stereocenters. The molecule has 2 aliphatic heterocycles. The first kappa shape index (κ1) is 14.9. The molecule has 1 aromatic carbocycles. The van der Waals surface area contributed by atoms with Crippen LogP contribution in [0.4, 0.5) is 11.4 Å². The fourth-order valence-corrected chi connectivity index (χ4v) is 3.68. The molecule has 0 amide bonds. The van der Waals surface area contributed by atoms with Crippen LogP contribution in [0.1, 0.15) is 24.8 Å². The summed E-state index contributed by atoms with van der Waals surface area (Å²) in [6.45, 7) is 3.94. The third-order valence-corrected chi connectivity index (χ3v) is 5.32. The molecule has 124 valence electrons. The minimum absolute atomic E-state index is 0.156. The Labute approximate surface area is 135 Å². The van der Waals surface area contributed by atoms with Gasteiger partial charge >= 0.3 is 0 Å². The van der Waals surface area contributed by atoms with Crippen LogP contribution in [0.2, 0.25) is 0 Å². The smallest absolute Gasteiger partial charge is 0.271 e. The van der Waals surface area contributed by atoms with Crippen LogP contribution < -0.4 is 4.90 Å². The molecule has 3 fully saturated rings. The number of benzene rings is 1. The zero-order chi connectivity index (χ0) is 15.8. The number of ether oxygens (including phenoxy) is 2. The molecule has 6 nitrogen and oxygen atoms in total. The van der Waals surface area contributed by atoms with Crippen molar-refractivity contribution in [1.29, 1.82) is 0 Å². The van der Waals surface area contributed by atoms with Gasteiger partial charge in [-0.05, 0) is 30.9 Å². The third kappa shape index (κ3) is 3.05. The van der Waals surface area contributed by atoms with Crippen molar-refractivity contribution in [2.75, 3.05) is 31.2 Å². The Morgan fingerprint density at radius 3 is 2.57 bits per heavy atom. The summed E-state index contributed by atoms with van der Waals surface area (Å²) in [6, 6.07) is 5.38. The SMILES string of the molecule is O=[N+]([O-])c1cc(COC2CCC2)cc(N2CC3COCC3C2)c1. The molecule has 1 aromatic rings. The summed E-state index contributed by atoms with van der Waals surface area (Å²) in [5.74, 6) is 1.12. The molecule has 1 saturated carbocycles. The summed E-state index contributed by atoms with van der Waals surface area (Å²) >= 11 is 0. The average Bonchev–Trinajstić information content (AvgIpc) is 3.06. The molecule has 1 aliphatic carbocycles. The van der Waals surface area contributed by atoms with Crippen molar-refractivity contribution in [3.8, 4) is 0 Å². The lowest BCUT2D eigenvalue weighted by Gasteiger charge is -2.26. The van der Waals surface area contributed by atoms with E-state index in [4.69, 9.17) is 9.47 Å². The molecular weight excluding hydrogens is 296 g/mol. The monoisotopic (exact) mass is 318 g/mol. The van der Waals surface area contributed by atoms with Crippen LogP contribution in [-0.4, -0.2) is 37.3 Å². The van der Waals surface area contributed by atoms with Crippen molar-refractivity contribution in [2.45, 2.75) is 32.0 Å². The van der Waals surface area contributed by atoms with Crippen molar-refractivity contribution < 1.29 is 14.4 Å². The van der Waals surface area contributed by atoms with Gasteiger partial charge in [-0.2, -0.15) is 0 Å². The van der Waals surface area contributed by atoms with E-state index in [0.29, 0.717) is 24.5 Å². The van der Waals surface area contributed by atoms with Gasteiger partial charge in [-0.3, -0.25) is 10.1 Å². The van der Waals surface area contributed by atoms with Gasteiger partial charge in [-0.15, -0.1) is 0 Å². The molecule has 0 spiro atoms. The molecule has 3 aliphatic rings. The molecule has 2 saturated heterocycles. The van der Waals surface area contributed by atoms with E-state index in [9.17, 15) is 10.1 Å².